The normalized spacial score (nSPS) is 10.7. The molecule has 3 nitrogen and oxygen atoms in total. The van der Waals surface area contributed by atoms with Crippen LogP contribution in [0, 0.1) is 0 Å². The van der Waals surface area contributed by atoms with E-state index < -0.39 is 0 Å². The van der Waals surface area contributed by atoms with Gasteiger partial charge < -0.3 is 15.2 Å². The van der Waals surface area contributed by atoms with Crippen molar-refractivity contribution in [3.63, 3.8) is 0 Å². The monoisotopic (exact) mass is 271 g/mol. The van der Waals surface area contributed by atoms with E-state index in [1.807, 2.05) is 32.0 Å². The summed E-state index contributed by atoms with van der Waals surface area (Å²) in [5, 5.41) is 12.6. The lowest BCUT2D eigenvalue weighted by molar-refractivity contribution is 0.242. The molecule has 0 spiro atoms. The van der Waals surface area contributed by atoms with Crippen molar-refractivity contribution in [3.05, 3.63) is 23.2 Å². The van der Waals surface area contributed by atoms with E-state index in [0.29, 0.717) is 5.02 Å². The van der Waals surface area contributed by atoms with Crippen LogP contribution >= 0.6 is 11.6 Å². The molecule has 102 valence electrons. The number of ether oxygens (including phenoxy) is 1. The summed E-state index contributed by atoms with van der Waals surface area (Å²) in [5.41, 5.74) is 1.00. The Morgan fingerprint density at radius 2 is 2.06 bits per heavy atom. The first-order valence-electron chi connectivity index (χ1n) is 6.44. The van der Waals surface area contributed by atoms with Gasteiger partial charge in [0.15, 0.2) is 0 Å². The molecule has 0 aliphatic carbocycles. The van der Waals surface area contributed by atoms with Crippen molar-refractivity contribution in [2.45, 2.75) is 39.2 Å². The lowest BCUT2D eigenvalue weighted by Gasteiger charge is -2.13. The Hall–Kier alpha value is -0.930. The Balaban J connectivity index is 2.41. The molecule has 1 aromatic carbocycles. The van der Waals surface area contributed by atoms with Gasteiger partial charge in [0.2, 0.25) is 0 Å². The Bertz CT molecular complexity index is 356. The summed E-state index contributed by atoms with van der Waals surface area (Å²) >= 11 is 6.14. The minimum Gasteiger partial charge on any atom is -0.489 e. The van der Waals surface area contributed by atoms with Gasteiger partial charge in [-0.1, -0.05) is 11.6 Å². The van der Waals surface area contributed by atoms with E-state index in [-0.39, 0.29) is 12.7 Å². The highest BCUT2D eigenvalue weighted by Crippen LogP contribution is 2.28. The van der Waals surface area contributed by atoms with Crippen molar-refractivity contribution < 1.29 is 9.84 Å². The number of hydrogen-bond acceptors (Lipinski definition) is 3. The van der Waals surface area contributed by atoms with Crippen LogP contribution in [0.5, 0.6) is 5.75 Å². The number of nitrogens with one attached hydrogen (secondary N) is 1. The van der Waals surface area contributed by atoms with Gasteiger partial charge >= 0.3 is 0 Å². The molecule has 1 rings (SSSR count). The lowest BCUT2D eigenvalue weighted by atomic mass is 10.2. The van der Waals surface area contributed by atoms with Gasteiger partial charge in [-0.05, 0) is 51.3 Å². The van der Waals surface area contributed by atoms with Crippen LogP contribution in [0.2, 0.25) is 5.02 Å². The Morgan fingerprint density at radius 3 is 2.67 bits per heavy atom. The van der Waals surface area contributed by atoms with Crippen molar-refractivity contribution in [3.8, 4) is 5.75 Å². The molecule has 18 heavy (non-hydrogen) atoms. The lowest BCUT2D eigenvalue weighted by Crippen LogP contribution is -2.06. The van der Waals surface area contributed by atoms with Crippen molar-refractivity contribution in [1.82, 2.24) is 0 Å². The molecule has 0 aliphatic rings. The molecule has 0 saturated heterocycles. The van der Waals surface area contributed by atoms with Gasteiger partial charge in [0, 0.05) is 18.8 Å². The van der Waals surface area contributed by atoms with Crippen LogP contribution in [-0.2, 0) is 0 Å². The van der Waals surface area contributed by atoms with Crippen LogP contribution in [0.4, 0.5) is 5.69 Å². The number of rotatable bonds is 8. The molecule has 0 amide bonds. The molecule has 1 aromatic rings. The molecule has 2 N–H and O–H groups in total. The van der Waals surface area contributed by atoms with E-state index in [1.165, 1.54) is 0 Å². The van der Waals surface area contributed by atoms with Crippen molar-refractivity contribution >= 4 is 17.3 Å². The van der Waals surface area contributed by atoms with E-state index in [1.54, 1.807) is 0 Å². The van der Waals surface area contributed by atoms with Gasteiger partial charge in [-0.25, -0.2) is 0 Å². The quantitative estimate of drug-likeness (QED) is 0.709. The predicted molar refractivity (Wildman–Crippen MR) is 76.6 cm³/mol. The highest BCUT2D eigenvalue weighted by molar-refractivity contribution is 6.32. The Morgan fingerprint density at radius 1 is 1.28 bits per heavy atom. The number of anilines is 1. The fraction of sp³-hybridized carbons (Fsp3) is 0.571. The maximum atomic E-state index is 8.67. The first kappa shape index (κ1) is 15.1. The average molecular weight is 272 g/mol. The van der Waals surface area contributed by atoms with Gasteiger partial charge in [-0.3, -0.25) is 0 Å². The van der Waals surface area contributed by atoms with Crippen molar-refractivity contribution in [2.24, 2.45) is 0 Å². The van der Waals surface area contributed by atoms with Crippen LogP contribution in [0.1, 0.15) is 33.1 Å². The minimum absolute atomic E-state index is 0.125. The Labute approximate surface area is 114 Å². The molecule has 0 fully saturated rings. The number of aliphatic hydroxyl groups is 1. The first-order valence-corrected chi connectivity index (χ1v) is 6.82. The molecule has 0 unspecified atom stereocenters. The van der Waals surface area contributed by atoms with Crippen LogP contribution < -0.4 is 10.1 Å². The van der Waals surface area contributed by atoms with Crippen LogP contribution in [0.15, 0.2) is 18.2 Å². The molecular weight excluding hydrogens is 250 g/mol. The maximum absolute atomic E-state index is 8.67. The number of halogens is 1. The van der Waals surface area contributed by atoms with Crippen LogP contribution in [0.25, 0.3) is 0 Å². The largest absolute Gasteiger partial charge is 0.489 e. The third-order valence-electron chi connectivity index (χ3n) is 2.46. The second kappa shape index (κ2) is 8.22. The number of aliphatic hydroxyl groups excluding tert-OH is 1. The van der Waals surface area contributed by atoms with Gasteiger partial charge in [0.25, 0.3) is 0 Å². The van der Waals surface area contributed by atoms with Gasteiger partial charge in [0.1, 0.15) is 5.75 Å². The minimum atomic E-state index is 0.125. The summed E-state index contributed by atoms with van der Waals surface area (Å²) in [6, 6.07) is 5.74. The molecule has 0 aromatic heterocycles. The van der Waals surface area contributed by atoms with Crippen LogP contribution in [0.3, 0.4) is 0 Å². The van der Waals surface area contributed by atoms with E-state index in [4.69, 9.17) is 21.4 Å². The molecular formula is C14H22ClNO2. The predicted octanol–water partition coefficient (Wildman–Crippen LogP) is 3.70. The van der Waals surface area contributed by atoms with E-state index in [2.05, 4.69) is 5.32 Å². The zero-order chi connectivity index (χ0) is 13.4. The molecule has 0 saturated carbocycles. The van der Waals surface area contributed by atoms with Crippen molar-refractivity contribution in [2.75, 3.05) is 18.5 Å². The zero-order valence-electron chi connectivity index (χ0n) is 11.1. The molecule has 0 radical (unpaired) electrons. The third kappa shape index (κ3) is 5.61. The third-order valence-corrected chi connectivity index (χ3v) is 2.75. The van der Waals surface area contributed by atoms with Crippen LogP contribution in [-0.4, -0.2) is 24.4 Å². The molecule has 0 heterocycles. The summed E-state index contributed by atoms with van der Waals surface area (Å²) in [5.74, 6) is 0.720. The Kier molecular flexibility index (Phi) is 6.91. The second-order valence-electron chi connectivity index (χ2n) is 4.52. The molecule has 0 aliphatic heterocycles. The van der Waals surface area contributed by atoms with Gasteiger partial charge in [0.05, 0.1) is 11.1 Å². The summed E-state index contributed by atoms with van der Waals surface area (Å²) in [4.78, 5) is 0. The average Bonchev–Trinajstić information content (AvgIpc) is 2.32. The summed E-state index contributed by atoms with van der Waals surface area (Å²) in [7, 11) is 0. The zero-order valence-corrected chi connectivity index (χ0v) is 11.8. The SMILES string of the molecule is CC(C)Oc1ccc(NCCCCCO)cc1Cl. The fourth-order valence-corrected chi connectivity index (χ4v) is 1.83. The summed E-state index contributed by atoms with van der Waals surface area (Å²) in [6.07, 6.45) is 3.07. The van der Waals surface area contributed by atoms with E-state index >= 15 is 0 Å². The molecule has 0 atom stereocenters. The highest BCUT2D eigenvalue weighted by Gasteiger charge is 2.04. The highest BCUT2D eigenvalue weighted by atomic mass is 35.5. The molecule has 4 heteroatoms. The van der Waals surface area contributed by atoms with E-state index in [9.17, 15) is 0 Å². The first-order chi connectivity index (χ1) is 8.63. The molecule has 0 bridgehead atoms. The summed E-state index contributed by atoms with van der Waals surface area (Å²) in [6.45, 7) is 5.11. The van der Waals surface area contributed by atoms with Gasteiger partial charge in [-0.2, -0.15) is 0 Å². The van der Waals surface area contributed by atoms with Gasteiger partial charge in [-0.15, -0.1) is 0 Å². The standard InChI is InChI=1S/C14H22ClNO2/c1-11(2)18-14-7-6-12(10-13(14)15)16-8-4-3-5-9-17/h6-7,10-11,16-17H,3-5,8-9H2,1-2H3. The number of benzene rings is 1. The van der Waals surface area contributed by atoms with Crippen molar-refractivity contribution in [1.29, 1.82) is 0 Å². The smallest absolute Gasteiger partial charge is 0.138 e. The fourth-order valence-electron chi connectivity index (χ4n) is 1.61. The number of unbranched alkanes of at least 4 members (excludes halogenated alkanes) is 2. The second-order valence-corrected chi connectivity index (χ2v) is 4.93. The number of hydrogen-bond donors (Lipinski definition) is 2. The van der Waals surface area contributed by atoms with E-state index in [0.717, 1.165) is 37.2 Å². The maximum Gasteiger partial charge on any atom is 0.138 e. The topological polar surface area (TPSA) is 41.5 Å². The summed E-state index contributed by atoms with van der Waals surface area (Å²) < 4.78 is 5.57.